The highest BCUT2D eigenvalue weighted by atomic mass is 35.5. The first-order chi connectivity index (χ1) is 19.9. The van der Waals surface area contributed by atoms with Gasteiger partial charge in [-0.3, -0.25) is 9.78 Å². The maximum atomic E-state index is 15.0. The third-order valence-corrected chi connectivity index (χ3v) is 7.99. The molecule has 2 aliphatic rings. The lowest BCUT2D eigenvalue weighted by Gasteiger charge is -2.37. The number of hydrogen-bond donors (Lipinski definition) is 3. The summed E-state index contributed by atoms with van der Waals surface area (Å²) in [5, 5.41) is 15.4. The van der Waals surface area contributed by atoms with E-state index in [4.69, 9.17) is 11.6 Å². The van der Waals surface area contributed by atoms with Crippen molar-refractivity contribution in [3.05, 3.63) is 82.4 Å². The second-order valence-corrected chi connectivity index (χ2v) is 11.5. The van der Waals surface area contributed by atoms with Crippen LogP contribution in [0.15, 0.2) is 60.3 Å². The van der Waals surface area contributed by atoms with Gasteiger partial charge in [-0.05, 0) is 73.9 Å². The van der Waals surface area contributed by atoms with Crippen molar-refractivity contribution in [1.29, 1.82) is 0 Å². The Morgan fingerprint density at radius 1 is 1.17 bits per heavy atom. The highest BCUT2D eigenvalue weighted by molar-refractivity contribution is 7.17. The van der Waals surface area contributed by atoms with Crippen LogP contribution in [0.5, 0.6) is 5.75 Å². The van der Waals surface area contributed by atoms with Gasteiger partial charge < -0.3 is 20.5 Å². The number of urea groups is 1. The van der Waals surface area contributed by atoms with Gasteiger partial charge in [-0.2, -0.15) is 8.78 Å². The minimum atomic E-state index is -4.27. The number of carboxylic acids is 1. The number of pyridine rings is 1. The molecule has 13 heteroatoms. The quantitative estimate of drug-likeness (QED) is 0.197. The molecule has 1 fully saturated rings. The van der Waals surface area contributed by atoms with Crippen molar-refractivity contribution in [2.45, 2.75) is 68.5 Å². The minimum Gasteiger partial charge on any atom is -0.481 e. The van der Waals surface area contributed by atoms with E-state index in [0.717, 1.165) is 24.1 Å². The first-order valence-corrected chi connectivity index (χ1v) is 14.5. The van der Waals surface area contributed by atoms with E-state index in [1.165, 1.54) is 27.6 Å². The van der Waals surface area contributed by atoms with Gasteiger partial charge >= 0.3 is 18.1 Å². The van der Waals surface area contributed by atoms with E-state index in [1.54, 1.807) is 0 Å². The number of hydrogen-bond acceptors (Lipinski definition) is 4. The maximum Gasteiger partial charge on any atom is 0.433 e. The summed E-state index contributed by atoms with van der Waals surface area (Å²) in [5.74, 6) is -5.73. The van der Waals surface area contributed by atoms with Gasteiger partial charge in [0.2, 0.25) is 5.91 Å². The molecule has 0 radical (unpaired) electrons. The number of aliphatic carboxylic acids is 1. The van der Waals surface area contributed by atoms with Crippen molar-refractivity contribution in [2.75, 3.05) is 0 Å². The zero-order chi connectivity index (χ0) is 30.5. The Hall–Kier alpha value is -3.17. The fraction of sp³-hybridized carbons (Fsp3) is 0.414. The van der Waals surface area contributed by atoms with Crippen molar-refractivity contribution in [2.24, 2.45) is 5.92 Å². The molecular weight excluding hydrogens is 597 g/mol. The van der Waals surface area contributed by atoms with Crippen LogP contribution in [0.1, 0.15) is 56.2 Å². The SMILES string of the molecule is O=C(NC1CCC(C(=O)O)CC1)N[C@@](CC1=CCCC=C1)(c1cc(F)cc(OC(F)(F)C(F)P)c1)c1ccc(Cl)cn1. The summed E-state index contributed by atoms with van der Waals surface area (Å²) in [5.41, 5.74) is -0.598. The fourth-order valence-electron chi connectivity index (χ4n) is 5.24. The topological polar surface area (TPSA) is 101 Å². The number of rotatable bonds is 10. The number of alkyl halides is 3. The van der Waals surface area contributed by atoms with Gasteiger partial charge in [0.15, 0.2) is 0 Å². The van der Waals surface area contributed by atoms with Gasteiger partial charge in [0.05, 0.1) is 16.6 Å². The second kappa shape index (κ2) is 13.4. The predicted molar refractivity (Wildman–Crippen MR) is 153 cm³/mol. The molecule has 0 bridgehead atoms. The zero-order valence-corrected chi connectivity index (χ0v) is 24.4. The van der Waals surface area contributed by atoms with Crippen LogP contribution in [-0.2, 0) is 10.3 Å². The summed E-state index contributed by atoms with van der Waals surface area (Å²) in [6.07, 6.45) is 6.05. The number of amides is 2. The smallest absolute Gasteiger partial charge is 0.433 e. The summed E-state index contributed by atoms with van der Waals surface area (Å²) in [7, 11) is 1.31. The number of aromatic nitrogens is 1. The van der Waals surface area contributed by atoms with Gasteiger partial charge in [-0.15, -0.1) is 0 Å². The average Bonchev–Trinajstić information content (AvgIpc) is 2.93. The van der Waals surface area contributed by atoms with Crippen LogP contribution >= 0.6 is 20.8 Å². The van der Waals surface area contributed by atoms with Gasteiger partial charge in [0, 0.05) is 24.7 Å². The molecule has 2 aliphatic carbocycles. The van der Waals surface area contributed by atoms with Crippen LogP contribution < -0.4 is 15.4 Å². The van der Waals surface area contributed by atoms with Crippen LogP contribution in [-0.4, -0.2) is 40.2 Å². The van der Waals surface area contributed by atoms with E-state index in [1.807, 2.05) is 18.2 Å². The third kappa shape index (κ3) is 7.81. The minimum absolute atomic E-state index is 0.0203. The van der Waals surface area contributed by atoms with Crippen LogP contribution in [0.3, 0.4) is 0 Å². The van der Waals surface area contributed by atoms with Crippen molar-refractivity contribution in [1.82, 2.24) is 15.6 Å². The van der Waals surface area contributed by atoms with Gasteiger partial charge in [0.1, 0.15) is 17.1 Å². The van der Waals surface area contributed by atoms with Gasteiger partial charge in [0.25, 0.3) is 0 Å². The molecule has 2 aromatic rings. The molecule has 1 aromatic carbocycles. The summed E-state index contributed by atoms with van der Waals surface area (Å²) in [4.78, 5) is 29.3. The Bertz CT molecular complexity index is 1350. The molecule has 2 amide bonds. The van der Waals surface area contributed by atoms with E-state index in [2.05, 4.69) is 20.4 Å². The number of benzene rings is 1. The average molecular weight is 628 g/mol. The summed E-state index contributed by atoms with van der Waals surface area (Å²) >= 11 is 6.09. The van der Waals surface area contributed by atoms with E-state index in [-0.39, 0.29) is 23.7 Å². The summed E-state index contributed by atoms with van der Waals surface area (Å²) in [6, 6.07) is 4.98. The number of ether oxygens (including phenoxy) is 1. The molecule has 3 N–H and O–H groups in total. The first-order valence-electron chi connectivity index (χ1n) is 13.4. The molecule has 1 aromatic heterocycles. The highest BCUT2D eigenvalue weighted by Gasteiger charge is 2.43. The molecule has 3 atom stereocenters. The monoisotopic (exact) mass is 627 g/mol. The Balaban J connectivity index is 1.77. The van der Waals surface area contributed by atoms with Gasteiger partial charge in [-0.25, -0.2) is 13.6 Å². The van der Waals surface area contributed by atoms with Crippen LogP contribution in [0.25, 0.3) is 0 Å². The van der Waals surface area contributed by atoms with Crippen molar-refractivity contribution in [3.63, 3.8) is 0 Å². The molecule has 1 heterocycles. The normalized spacial score (nSPS) is 21.0. The molecule has 42 heavy (non-hydrogen) atoms. The fourth-order valence-corrected chi connectivity index (χ4v) is 5.42. The molecule has 0 spiro atoms. The van der Waals surface area contributed by atoms with E-state index in [0.29, 0.717) is 43.2 Å². The molecule has 4 rings (SSSR count). The second-order valence-electron chi connectivity index (χ2n) is 10.4. The number of carboxylic acid groups (broad SMARTS) is 1. The van der Waals surface area contributed by atoms with Crippen molar-refractivity contribution < 1.29 is 37.0 Å². The van der Waals surface area contributed by atoms with E-state index >= 15 is 4.39 Å². The molecular formula is C29H31ClF4N3O4P. The molecule has 2 unspecified atom stereocenters. The van der Waals surface area contributed by atoms with Crippen molar-refractivity contribution >= 4 is 32.8 Å². The number of halogens is 5. The van der Waals surface area contributed by atoms with Crippen LogP contribution in [0.4, 0.5) is 22.4 Å². The highest BCUT2D eigenvalue weighted by Crippen LogP contribution is 2.40. The molecule has 1 saturated carbocycles. The van der Waals surface area contributed by atoms with Gasteiger partial charge in [-0.1, -0.05) is 39.1 Å². The Labute approximate surface area is 248 Å². The number of carbonyl (C=O) groups is 2. The lowest BCUT2D eigenvalue weighted by molar-refractivity contribution is -0.197. The van der Waals surface area contributed by atoms with Crippen LogP contribution in [0.2, 0.25) is 5.02 Å². The first kappa shape index (κ1) is 31.8. The summed E-state index contributed by atoms with van der Waals surface area (Å²) in [6.45, 7) is 0. The largest absolute Gasteiger partial charge is 0.481 e. The Morgan fingerprint density at radius 3 is 2.50 bits per heavy atom. The molecule has 226 valence electrons. The third-order valence-electron chi connectivity index (χ3n) is 7.38. The lowest BCUT2D eigenvalue weighted by Crippen LogP contribution is -2.54. The maximum absolute atomic E-state index is 15.0. The standard InChI is InChI=1S/C29H31ClF4N3O4P/c30-20-8-11-24(35-16-20)28(15-17-4-2-1-3-5-17,37-27(40)36-22-9-6-18(7-10-22)25(38)39)19-12-21(31)14-23(13-19)41-29(33,34)26(32)42/h2,4-5,8,11-14,16,18,22,26H,1,3,6-7,9-10,15,42H2,(H,38,39)(H2,36,37,40)/t18?,22?,26?,28-/m0/s1. The van der Waals surface area contributed by atoms with E-state index < -0.39 is 47.0 Å². The number of nitrogens with zero attached hydrogens (tertiary/aromatic N) is 1. The Kier molecular flexibility index (Phi) is 10.1. The lowest BCUT2D eigenvalue weighted by atomic mass is 9.79. The molecule has 0 aliphatic heterocycles. The summed E-state index contributed by atoms with van der Waals surface area (Å²) < 4.78 is 61.5. The Morgan fingerprint density at radius 2 is 1.90 bits per heavy atom. The number of allylic oxidation sites excluding steroid dienone is 3. The number of carbonyl (C=O) groups excluding carboxylic acids is 1. The molecule has 7 nitrogen and oxygen atoms in total. The zero-order valence-electron chi connectivity index (χ0n) is 22.5. The molecule has 0 saturated heterocycles. The number of nitrogens with one attached hydrogen (secondary N) is 2. The predicted octanol–water partition coefficient (Wildman–Crippen LogP) is 6.87. The van der Waals surface area contributed by atoms with E-state index in [9.17, 15) is 27.9 Å². The van der Waals surface area contributed by atoms with Crippen molar-refractivity contribution in [3.8, 4) is 5.75 Å². The van der Waals surface area contributed by atoms with Crippen LogP contribution in [0, 0.1) is 11.7 Å².